The van der Waals surface area contributed by atoms with E-state index in [9.17, 15) is 9.59 Å². The number of carbonyl (C=O) groups is 2. The van der Waals surface area contributed by atoms with Crippen molar-refractivity contribution < 1.29 is 14.3 Å². The summed E-state index contributed by atoms with van der Waals surface area (Å²) in [4.78, 5) is 28.5. The minimum atomic E-state index is -0.670. The van der Waals surface area contributed by atoms with E-state index in [1.165, 1.54) is 5.56 Å². The highest BCUT2D eigenvalue weighted by Gasteiger charge is 2.30. The molecule has 0 aromatic heterocycles. The fourth-order valence-corrected chi connectivity index (χ4v) is 4.46. The van der Waals surface area contributed by atoms with Crippen LogP contribution < -0.4 is 10.1 Å². The molecule has 2 amide bonds. The molecule has 3 aromatic carbocycles. The predicted molar refractivity (Wildman–Crippen MR) is 148 cm³/mol. The van der Waals surface area contributed by atoms with Gasteiger partial charge in [0.05, 0.1) is 4.47 Å². The molecule has 0 fully saturated rings. The summed E-state index contributed by atoms with van der Waals surface area (Å²) in [7, 11) is 0. The summed E-state index contributed by atoms with van der Waals surface area (Å²) in [5, 5.41) is 2.91. The number of nitrogens with zero attached hydrogens (tertiary/aromatic N) is 1. The molecule has 5 nitrogen and oxygen atoms in total. The van der Waals surface area contributed by atoms with Gasteiger partial charge in [-0.25, -0.2) is 0 Å². The molecule has 1 atom stereocenters. The number of rotatable bonds is 11. The van der Waals surface area contributed by atoms with Crippen molar-refractivity contribution in [1.29, 1.82) is 0 Å². The van der Waals surface area contributed by atoms with Crippen molar-refractivity contribution in [2.24, 2.45) is 0 Å². The quantitative estimate of drug-likeness (QED) is 0.316. The highest BCUT2D eigenvalue weighted by molar-refractivity contribution is 9.10. The molecule has 0 spiro atoms. The van der Waals surface area contributed by atoms with E-state index in [2.05, 4.69) is 35.1 Å². The van der Waals surface area contributed by atoms with E-state index in [4.69, 9.17) is 4.74 Å². The van der Waals surface area contributed by atoms with E-state index in [1.807, 2.05) is 86.6 Å². The van der Waals surface area contributed by atoms with Gasteiger partial charge in [-0.05, 0) is 64.5 Å². The molecule has 0 aliphatic rings. The van der Waals surface area contributed by atoms with Crippen LogP contribution in [-0.4, -0.2) is 35.9 Å². The number of ether oxygens (including phenoxy) is 1. The van der Waals surface area contributed by atoms with Gasteiger partial charge in [0.25, 0.3) is 5.91 Å². The molecule has 1 N–H and O–H groups in total. The SMILES string of the molecule is CCNC(=O)[C@H](Cc1ccccc1)N(Cc1ccc(C)cc1)C(=O)COc1ccc(C(C)C)cc1Br. The first-order chi connectivity index (χ1) is 17.3. The molecular formula is C30H35BrN2O3. The van der Waals surface area contributed by atoms with Crippen LogP contribution in [0.1, 0.15) is 48.9 Å². The lowest BCUT2D eigenvalue weighted by Gasteiger charge is -2.31. The third-order valence-corrected chi connectivity index (χ3v) is 6.69. The molecule has 0 unspecified atom stereocenters. The number of halogens is 1. The zero-order valence-corrected chi connectivity index (χ0v) is 23.0. The smallest absolute Gasteiger partial charge is 0.261 e. The lowest BCUT2D eigenvalue weighted by Crippen LogP contribution is -2.51. The maximum Gasteiger partial charge on any atom is 0.261 e. The first-order valence-electron chi connectivity index (χ1n) is 12.4. The summed E-state index contributed by atoms with van der Waals surface area (Å²) in [6.45, 7) is 8.79. The molecule has 0 heterocycles. The molecule has 36 heavy (non-hydrogen) atoms. The van der Waals surface area contributed by atoms with Crippen molar-refractivity contribution in [3.63, 3.8) is 0 Å². The fourth-order valence-electron chi connectivity index (χ4n) is 3.95. The van der Waals surface area contributed by atoms with Crippen LogP contribution in [0.3, 0.4) is 0 Å². The zero-order valence-electron chi connectivity index (χ0n) is 21.5. The van der Waals surface area contributed by atoms with Crippen molar-refractivity contribution in [3.8, 4) is 5.75 Å². The van der Waals surface area contributed by atoms with E-state index < -0.39 is 6.04 Å². The molecule has 3 rings (SSSR count). The molecule has 0 saturated heterocycles. The molecule has 0 saturated carbocycles. The van der Waals surface area contributed by atoms with Crippen molar-refractivity contribution in [1.82, 2.24) is 10.2 Å². The minimum Gasteiger partial charge on any atom is -0.483 e. The first-order valence-corrected chi connectivity index (χ1v) is 13.2. The number of aryl methyl sites for hydroxylation is 1. The lowest BCUT2D eigenvalue weighted by atomic mass is 10.0. The van der Waals surface area contributed by atoms with Crippen LogP contribution in [0.5, 0.6) is 5.75 Å². The third-order valence-electron chi connectivity index (χ3n) is 6.07. The molecule has 0 bridgehead atoms. The predicted octanol–water partition coefficient (Wildman–Crippen LogP) is 6.04. The van der Waals surface area contributed by atoms with E-state index in [0.717, 1.165) is 21.2 Å². The summed E-state index contributed by atoms with van der Waals surface area (Å²) in [6, 6.07) is 23.0. The largest absolute Gasteiger partial charge is 0.483 e. The Balaban J connectivity index is 1.88. The Morgan fingerprint density at radius 1 is 0.972 bits per heavy atom. The first kappa shape index (κ1) is 27.5. The van der Waals surface area contributed by atoms with Gasteiger partial charge in [0, 0.05) is 19.5 Å². The van der Waals surface area contributed by atoms with Crippen LogP contribution in [0.4, 0.5) is 0 Å². The van der Waals surface area contributed by atoms with Crippen LogP contribution >= 0.6 is 15.9 Å². The summed E-state index contributed by atoms with van der Waals surface area (Å²) in [6.07, 6.45) is 0.414. The zero-order chi connectivity index (χ0) is 26.1. The van der Waals surface area contributed by atoms with Gasteiger partial charge in [-0.2, -0.15) is 0 Å². The van der Waals surface area contributed by atoms with E-state index in [-0.39, 0.29) is 18.4 Å². The number of amides is 2. The molecule has 3 aromatic rings. The molecule has 6 heteroatoms. The van der Waals surface area contributed by atoms with Gasteiger partial charge in [-0.3, -0.25) is 9.59 Å². The van der Waals surface area contributed by atoms with Crippen LogP contribution in [0.15, 0.2) is 77.3 Å². The summed E-state index contributed by atoms with van der Waals surface area (Å²) in [5.74, 6) is 0.560. The fraction of sp³-hybridized carbons (Fsp3) is 0.333. The van der Waals surface area contributed by atoms with E-state index in [1.54, 1.807) is 4.90 Å². The molecule has 0 aliphatic heterocycles. The van der Waals surface area contributed by atoms with Gasteiger partial charge < -0.3 is 15.0 Å². The second kappa shape index (κ2) is 13.3. The lowest BCUT2D eigenvalue weighted by molar-refractivity contribution is -0.142. The molecular weight excluding hydrogens is 516 g/mol. The van der Waals surface area contributed by atoms with E-state index in [0.29, 0.717) is 31.2 Å². The maximum atomic E-state index is 13.6. The van der Waals surface area contributed by atoms with Gasteiger partial charge in [0.2, 0.25) is 5.91 Å². The Morgan fingerprint density at radius 3 is 2.28 bits per heavy atom. The number of benzene rings is 3. The van der Waals surface area contributed by atoms with Crippen molar-refractivity contribution in [2.75, 3.05) is 13.2 Å². The minimum absolute atomic E-state index is 0.170. The highest BCUT2D eigenvalue weighted by Crippen LogP contribution is 2.29. The average molecular weight is 552 g/mol. The normalized spacial score (nSPS) is 11.7. The van der Waals surface area contributed by atoms with Crippen LogP contribution in [0, 0.1) is 6.92 Å². The highest BCUT2D eigenvalue weighted by atomic mass is 79.9. The van der Waals surface area contributed by atoms with Gasteiger partial charge in [-0.1, -0.05) is 80.1 Å². The Labute approximate surface area is 223 Å². The number of hydrogen-bond acceptors (Lipinski definition) is 3. The van der Waals surface area contributed by atoms with Crippen molar-refractivity contribution in [3.05, 3.63) is 99.5 Å². The molecule has 0 aliphatic carbocycles. The summed E-state index contributed by atoms with van der Waals surface area (Å²) >= 11 is 3.57. The second-order valence-electron chi connectivity index (χ2n) is 9.24. The third kappa shape index (κ3) is 7.69. The van der Waals surface area contributed by atoms with Crippen LogP contribution in [0.2, 0.25) is 0 Å². The maximum absolute atomic E-state index is 13.6. The van der Waals surface area contributed by atoms with Gasteiger partial charge >= 0.3 is 0 Å². The van der Waals surface area contributed by atoms with Crippen LogP contribution in [-0.2, 0) is 22.6 Å². The topological polar surface area (TPSA) is 58.6 Å². The molecule has 0 radical (unpaired) electrons. The second-order valence-corrected chi connectivity index (χ2v) is 10.1. The van der Waals surface area contributed by atoms with Gasteiger partial charge in [0.15, 0.2) is 6.61 Å². The Bertz CT molecular complexity index is 1150. The Morgan fingerprint density at radius 2 is 1.67 bits per heavy atom. The molecule has 190 valence electrons. The van der Waals surface area contributed by atoms with Gasteiger partial charge in [0.1, 0.15) is 11.8 Å². The number of hydrogen-bond donors (Lipinski definition) is 1. The Kier molecular flexibility index (Phi) is 10.1. The average Bonchev–Trinajstić information content (AvgIpc) is 2.87. The number of carbonyl (C=O) groups excluding carboxylic acids is 2. The van der Waals surface area contributed by atoms with Crippen molar-refractivity contribution >= 4 is 27.7 Å². The summed E-state index contributed by atoms with van der Waals surface area (Å²) < 4.78 is 6.74. The monoisotopic (exact) mass is 550 g/mol. The van der Waals surface area contributed by atoms with Crippen molar-refractivity contribution in [2.45, 2.75) is 52.6 Å². The van der Waals surface area contributed by atoms with Crippen LogP contribution in [0.25, 0.3) is 0 Å². The number of likely N-dealkylation sites (N-methyl/N-ethyl adjacent to an activating group) is 1. The van der Waals surface area contributed by atoms with Gasteiger partial charge in [-0.15, -0.1) is 0 Å². The summed E-state index contributed by atoms with van der Waals surface area (Å²) in [5.41, 5.74) is 4.27. The standard InChI is InChI=1S/C30H35BrN2O3/c1-5-32-30(35)27(17-23-9-7-6-8-10-23)33(19-24-13-11-22(4)12-14-24)29(34)20-36-28-16-15-25(21(2)3)18-26(28)31/h6-16,18,21,27H,5,17,19-20H2,1-4H3,(H,32,35)/t27-/m0/s1. The van der Waals surface area contributed by atoms with E-state index >= 15 is 0 Å². The Hall–Kier alpha value is -3.12. The number of nitrogens with one attached hydrogen (secondary N) is 1.